The minimum Gasteiger partial charge on any atom is -0.387 e. The van der Waals surface area contributed by atoms with E-state index in [0.717, 1.165) is 0 Å². The van der Waals surface area contributed by atoms with Crippen LogP contribution in [0.4, 0.5) is 8.78 Å². The Labute approximate surface area is 191 Å². The second kappa shape index (κ2) is 10.3. The van der Waals surface area contributed by atoms with Crippen LogP contribution in [0.2, 0.25) is 0 Å². The number of aromatic amines is 1. The monoisotopic (exact) mass is 491 g/mol. The number of rotatable bonds is 9. The van der Waals surface area contributed by atoms with Crippen LogP contribution in [0.5, 0.6) is 0 Å². The van der Waals surface area contributed by atoms with Gasteiger partial charge in [0.1, 0.15) is 23.7 Å². The van der Waals surface area contributed by atoms with E-state index < -0.39 is 54.4 Å². The molecule has 186 valence electrons. The summed E-state index contributed by atoms with van der Waals surface area (Å²) in [7, 11) is -4.54. The van der Waals surface area contributed by atoms with Gasteiger partial charge in [-0.05, 0) is 39.5 Å². The molecule has 33 heavy (non-hydrogen) atoms. The van der Waals surface area contributed by atoms with Crippen LogP contribution in [0.25, 0.3) is 0 Å². The Balaban J connectivity index is 2.38. The zero-order valence-electron chi connectivity index (χ0n) is 19.4. The number of halogens is 2. The molecule has 11 heteroatoms. The first-order chi connectivity index (χ1) is 15.2. The van der Waals surface area contributed by atoms with Crippen molar-refractivity contribution in [1.82, 2.24) is 4.98 Å². The number of aromatic nitrogens is 1. The molecule has 1 aromatic rings. The van der Waals surface area contributed by atoms with Gasteiger partial charge in [0.15, 0.2) is 11.5 Å². The highest BCUT2D eigenvalue weighted by molar-refractivity contribution is 7.54. The van der Waals surface area contributed by atoms with Crippen LogP contribution < -0.4 is 5.56 Å². The highest BCUT2D eigenvalue weighted by Crippen LogP contribution is 2.59. The molecule has 4 N–H and O–H groups in total. The van der Waals surface area contributed by atoms with Crippen LogP contribution in [-0.2, 0) is 13.8 Å². The van der Waals surface area contributed by atoms with Crippen molar-refractivity contribution in [3.63, 3.8) is 0 Å². The Kier molecular flexibility index (Phi) is 8.67. The second-order valence-electron chi connectivity index (χ2n) is 8.76. The SMILES string of the molecule is CC#Cc1[nH]c(=O)cc(F)c1[C@@H]1O[C@H](CC(C)(CCC)OP(=O)(O)C(C)(O)CC)C(O)[C@@H]1F. The van der Waals surface area contributed by atoms with Crippen molar-refractivity contribution in [3.05, 3.63) is 33.5 Å². The summed E-state index contributed by atoms with van der Waals surface area (Å²) in [6.45, 7) is 7.49. The van der Waals surface area contributed by atoms with E-state index in [1.165, 1.54) is 27.7 Å². The third-order valence-corrected chi connectivity index (χ3v) is 8.14. The fourth-order valence-electron chi connectivity index (χ4n) is 3.90. The van der Waals surface area contributed by atoms with Crippen molar-refractivity contribution in [2.24, 2.45) is 0 Å². The van der Waals surface area contributed by atoms with Crippen LogP contribution in [0.1, 0.15) is 77.7 Å². The Bertz CT molecular complexity index is 1020. The zero-order chi connectivity index (χ0) is 25.2. The number of H-pyrrole nitrogens is 1. The lowest BCUT2D eigenvalue weighted by molar-refractivity contribution is -0.0553. The van der Waals surface area contributed by atoms with Gasteiger partial charge in [0.2, 0.25) is 0 Å². The standard InChI is InChI=1S/C22H32F2NO7P/c1-6-9-14-17(13(23)11-16(26)25-14)20-18(24)19(27)15(31-20)12-21(4,10-7-2)32-33(29,30)22(5,28)8-3/h11,15,18-20,27-28H,7-8,10,12H2,1-5H3,(H,25,26)(H,29,30)/t15-,18+,19?,20+,21?,22?/m1/s1. The minimum atomic E-state index is -4.54. The molecule has 1 aromatic heterocycles. The zero-order valence-corrected chi connectivity index (χ0v) is 20.3. The van der Waals surface area contributed by atoms with Crippen LogP contribution in [0, 0.1) is 17.7 Å². The molecule has 7 atom stereocenters. The van der Waals surface area contributed by atoms with Gasteiger partial charge >= 0.3 is 7.60 Å². The van der Waals surface area contributed by atoms with Crippen LogP contribution in [0.15, 0.2) is 10.9 Å². The van der Waals surface area contributed by atoms with Crippen molar-refractivity contribution in [2.45, 2.75) is 95.7 Å². The van der Waals surface area contributed by atoms with Gasteiger partial charge in [-0.25, -0.2) is 8.78 Å². The molecule has 1 aliphatic heterocycles. The first-order valence-corrected chi connectivity index (χ1v) is 12.4. The highest BCUT2D eigenvalue weighted by atomic mass is 31.2. The van der Waals surface area contributed by atoms with Gasteiger partial charge in [0.05, 0.1) is 17.3 Å². The van der Waals surface area contributed by atoms with Gasteiger partial charge < -0.3 is 29.4 Å². The fourth-order valence-corrected chi connectivity index (χ4v) is 5.26. The molecule has 0 aliphatic carbocycles. The molecule has 1 aliphatic rings. The molecule has 8 nitrogen and oxygen atoms in total. The summed E-state index contributed by atoms with van der Waals surface area (Å²) >= 11 is 0. The van der Waals surface area contributed by atoms with E-state index in [4.69, 9.17) is 9.26 Å². The van der Waals surface area contributed by atoms with Crippen molar-refractivity contribution >= 4 is 7.60 Å². The maximum atomic E-state index is 15.1. The molecule has 0 saturated carbocycles. The number of pyridine rings is 1. The summed E-state index contributed by atoms with van der Waals surface area (Å²) in [6, 6.07) is 0.644. The fraction of sp³-hybridized carbons (Fsp3) is 0.682. The minimum absolute atomic E-state index is 0.0487. The van der Waals surface area contributed by atoms with Gasteiger partial charge in [-0.1, -0.05) is 26.2 Å². The predicted molar refractivity (Wildman–Crippen MR) is 118 cm³/mol. The smallest absolute Gasteiger partial charge is 0.359 e. The lowest BCUT2D eigenvalue weighted by Crippen LogP contribution is -2.40. The number of nitrogens with one attached hydrogen (secondary N) is 1. The van der Waals surface area contributed by atoms with Crippen LogP contribution >= 0.6 is 7.60 Å². The Morgan fingerprint density at radius 1 is 1.36 bits per heavy atom. The molecule has 0 amide bonds. The molecule has 0 bridgehead atoms. The van der Waals surface area contributed by atoms with E-state index >= 15 is 4.39 Å². The summed E-state index contributed by atoms with van der Waals surface area (Å²) in [5, 5.41) is 18.8. The van der Waals surface area contributed by atoms with Gasteiger partial charge in [-0.2, -0.15) is 0 Å². The van der Waals surface area contributed by atoms with Crippen molar-refractivity contribution in [3.8, 4) is 11.8 Å². The first-order valence-electron chi connectivity index (χ1n) is 10.8. The quantitative estimate of drug-likeness (QED) is 0.308. The number of ether oxygens (including phenoxy) is 1. The van der Waals surface area contributed by atoms with E-state index in [0.29, 0.717) is 12.5 Å². The topological polar surface area (TPSA) is 129 Å². The van der Waals surface area contributed by atoms with Gasteiger partial charge in [-0.15, -0.1) is 0 Å². The maximum Gasteiger partial charge on any atom is 0.359 e. The van der Waals surface area contributed by atoms with Crippen molar-refractivity contribution in [2.75, 3.05) is 0 Å². The van der Waals surface area contributed by atoms with Gasteiger partial charge in [-0.3, -0.25) is 9.36 Å². The molecule has 2 rings (SSSR count). The molecule has 0 aromatic carbocycles. The van der Waals surface area contributed by atoms with Gasteiger partial charge in [0, 0.05) is 12.5 Å². The summed E-state index contributed by atoms with van der Waals surface area (Å²) in [4.78, 5) is 24.4. The van der Waals surface area contributed by atoms with E-state index in [1.54, 1.807) is 6.92 Å². The molecule has 4 unspecified atom stereocenters. The Morgan fingerprint density at radius 3 is 2.55 bits per heavy atom. The molecule has 1 fully saturated rings. The molecule has 0 spiro atoms. The maximum absolute atomic E-state index is 15.1. The number of aliphatic hydroxyl groups is 2. The third-order valence-electron chi connectivity index (χ3n) is 5.92. The normalized spacial score (nSPS) is 28.3. The number of hydrogen-bond donors (Lipinski definition) is 4. The molecular formula is C22H32F2NO7P. The van der Waals surface area contributed by atoms with E-state index in [1.807, 2.05) is 0 Å². The van der Waals surface area contributed by atoms with E-state index in [2.05, 4.69) is 16.8 Å². The average Bonchev–Trinajstić information content (AvgIpc) is 2.95. The van der Waals surface area contributed by atoms with Crippen LogP contribution in [-0.4, -0.2) is 49.4 Å². The first kappa shape index (κ1) is 27.6. The van der Waals surface area contributed by atoms with Crippen molar-refractivity contribution < 1.29 is 37.7 Å². The molecule has 0 radical (unpaired) electrons. The highest BCUT2D eigenvalue weighted by Gasteiger charge is 2.52. The second-order valence-corrected chi connectivity index (χ2v) is 10.9. The average molecular weight is 491 g/mol. The lowest BCUT2D eigenvalue weighted by atomic mass is 9.91. The third kappa shape index (κ3) is 5.91. The lowest BCUT2D eigenvalue weighted by Gasteiger charge is -2.38. The summed E-state index contributed by atoms with van der Waals surface area (Å²) in [6.07, 6.45) is -6.04. The Hall–Kier alpha value is -1.60. The van der Waals surface area contributed by atoms with E-state index in [9.17, 15) is 28.9 Å². The summed E-state index contributed by atoms with van der Waals surface area (Å²) < 4.78 is 53.7. The van der Waals surface area contributed by atoms with Crippen molar-refractivity contribution in [1.29, 1.82) is 0 Å². The summed E-state index contributed by atoms with van der Waals surface area (Å²) in [5.74, 6) is 4.00. The molecule has 2 heterocycles. The van der Waals surface area contributed by atoms with E-state index in [-0.39, 0.29) is 30.5 Å². The number of aliphatic hydroxyl groups excluding tert-OH is 1. The largest absolute Gasteiger partial charge is 0.387 e. The molecular weight excluding hydrogens is 459 g/mol. The number of hydrogen-bond acceptors (Lipinski definition) is 6. The summed E-state index contributed by atoms with van der Waals surface area (Å²) in [5.41, 5.74) is -2.61. The number of alkyl halides is 1. The molecule has 1 saturated heterocycles. The van der Waals surface area contributed by atoms with Gasteiger partial charge in [0.25, 0.3) is 5.56 Å². The Morgan fingerprint density at radius 2 is 2.00 bits per heavy atom. The predicted octanol–water partition coefficient (Wildman–Crippen LogP) is 3.29. The van der Waals surface area contributed by atoms with Crippen LogP contribution in [0.3, 0.4) is 0 Å².